The van der Waals surface area contributed by atoms with E-state index < -0.39 is 7.14 Å². The van der Waals surface area contributed by atoms with E-state index >= 15 is 0 Å². The summed E-state index contributed by atoms with van der Waals surface area (Å²) in [6.07, 6.45) is 3.31. The van der Waals surface area contributed by atoms with Crippen LogP contribution in [0, 0.1) is 0 Å². The monoisotopic (exact) mass is 278 g/mol. The zero-order valence-corrected chi connectivity index (χ0v) is 12.3. The van der Waals surface area contributed by atoms with Gasteiger partial charge < -0.3 is 14.0 Å². The van der Waals surface area contributed by atoms with Gasteiger partial charge in [-0.25, -0.2) is 0 Å². The van der Waals surface area contributed by atoms with Crippen molar-refractivity contribution in [3.05, 3.63) is 0 Å². The van der Waals surface area contributed by atoms with Crippen LogP contribution in [0.3, 0.4) is 0 Å². The standard InChI is InChI=1S/C12H23O5P/c1-4-5-8-18(15,9-6-11(13)16-2)10-7-12(14)17-3/h4-10H2,1-3H3. The maximum atomic E-state index is 12.6. The number of rotatable bonds is 9. The lowest BCUT2D eigenvalue weighted by Crippen LogP contribution is -2.10. The molecular formula is C12H23O5P. The Kier molecular flexibility index (Phi) is 8.73. The average molecular weight is 278 g/mol. The van der Waals surface area contributed by atoms with E-state index in [-0.39, 0.29) is 24.8 Å². The Hall–Kier alpha value is -0.830. The Morgan fingerprint density at radius 2 is 1.39 bits per heavy atom. The van der Waals surface area contributed by atoms with Crippen molar-refractivity contribution in [1.29, 1.82) is 0 Å². The number of ether oxygens (including phenoxy) is 2. The molecular weight excluding hydrogens is 255 g/mol. The minimum Gasteiger partial charge on any atom is -0.469 e. The van der Waals surface area contributed by atoms with Gasteiger partial charge in [0.05, 0.1) is 34.2 Å². The SMILES string of the molecule is CCCCP(=O)(CCC(=O)OC)CCC(=O)OC. The van der Waals surface area contributed by atoms with E-state index in [9.17, 15) is 14.2 Å². The van der Waals surface area contributed by atoms with Crippen LogP contribution in [-0.2, 0) is 23.6 Å². The smallest absolute Gasteiger partial charge is 0.305 e. The molecule has 0 saturated heterocycles. The first-order chi connectivity index (χ1) is 8.47. The molecule has 0 radical (unpaired) electrons. The minimum absolute atomic E-state index is 0.151. The zero-order valence-electron chi connectivity index (χ0n) is 11.4. The lowest BCUT2D eigenvalue weighted by molar-refractivity contribution is -0.140. The molecule has 0 bridgehead atoms. The van der Waals surface area contributed by atoms with E-state index in [4.69, 9.17) is 0 Å². The van der Waals surface area contributed by atoms with Crippen LogP contribution in [0.2, 0.25) is 0 Å². The minimum atomic E-state index is -2.47. The summed E-state index contributed by atoms with van der Waals surface area (Å²) in [6.45, 7) is 2.02. The normalized spacial score (nSPS) is 11.1. The van der Waals surface area contributed by atoms with Crippen molar-refractivity contribution >= 4 is 19.1 Å². The summed E-state index contributed by atoms with van der Waals surface area (Å²) in [5.41, 5.74) is 0. The number of esters is 2. The first-order valence-corrected chi connectivity index (χ1v) is 8.44. The first kappa shape index (κ1) is 17.2. The highest BCUT2D eigenvalue weighted by Crippen LogP contribution is 2.47. The third kappa shape index (κ3) is 7.49. The lowest BCUT2D eigenvalue weighted by atomic mass is 10.4. The second-order valence-corrected chi connectivity index (χ2v) is 7.69. The second-order valence-electron chi connectivity index (χ2n) is 4.23. The Bertz CT molecular complexity index is 290. The molecule has 6 heteroatoms. The molecule has 0 unspecified atom stereocenters. The molecule has 0 spiro atoms. The fraction of sp³-hybridized carbons (Fsp3) is 0.833. The number of unbranched alkanes of at least 4 members (excludes halogenated alkanes) is 1. The van der Waals surface area contributed by atoms with Crippen LogP contribution in [0.4, 0.5) is 0 Å². The van der Waals surface area contributed by atoms with E-state index in [2.05, 4.69) is 9.47 Å². The molecule has 0 aromatic heterocycles. The number of hydrogen-bond acceptors (Lipinski definition) is 5. The summed E-state index contributed by atoms with van der Waals surface area (Å²) in [5.74, 6) is -0.713. The van der Waals surface area contributed by atoms with Gasteiger partial charge in [-0.1, -0.05) is 13.3 Å². The predicted molar refractivity (Wildman–Crippen MR) is 70.4 cm³/mol. The molecule has 0 aromatic carbocycles. The molecule has 0 aliphatic heterocycles. The summed E-state index contributed by atoms with van der Waals surface area (Å²) >= 11 is 0. The summed E-state index contributed by atoms with van der Waals surface area (Å²) in [7, 11) is 0.155. The summed E-state index contributed by atoms with van der Waals surface area (Å²) in [6, 6.07) is 0. The molecule has 0 heterocycles. The van der Waals surface area contributed by atoms with E-state index in [0.29, 0.717) is 18.5 Å². The van der Waals surface area contributed by atoms with Gasteiger partial charge in [0.2, 0.25) is 0 Å². The molecule has 0 atom stereocenters. The van der Waals surface area contributed by atoms with Crippen molar-refractivity contribution in [2.75, 3.05) is 32.7 Å². The van der Waals surface area contributed by atoms with Gasteiger partial charge in [-0.2, -0.15) is 0 Å². The summed E-state index contributed by atoms with van der Waals surface area (Å²) < 4.78 is 21.7. The molecule has 0 saturated carbocycles. The Morgan fingerprint density at radius 1 is 0.944 bits per heavy atom. The largest absolute Gasteiger partial charge is 0.469 e. The van der Waals surface area contributed by atoms with Gasteiger partial charge in [-0.05, 0) is 6.42 Å². The summed E-state index contributed by atoms with van der Waals surface area (Å²) in [5, 5.41) is 0. The van der Waals surface area contributed by atoms with Gasteiger partial charge in [-0.3, -0.25) is 9.59 Å². The zero-order chi connectivity index (χ0) is 14.0. The number of hydrogen-bond donors (Lipinski definition) is 0. The van der Waals surface area contributed by atoms with Crippen molar-refractivity contribution in [1.82, 2.24) is 0 Å². The van der Waals surface area contributed by atoms with Gasteiger partial charge in [-0.15, -0.1) is 0 Å². The highest BCUT2D eigenvalue weighted by molar-refractivity contribution is 7.64. The van der Waals surface area contributed by atoms with Gasteiger partial charge in [0, 0.05) is 18.5 Å². The highest BCUT2D eigenvalue weighted by atomic mass is 31.2. The van der Waals surface area contributed by atoms with E-state index in [1.807, 2.05) is 6.92 Å². The van der Waals surface area contributed by atoms with E-state index in [1.165, 1.54) is 14.2 Å². The van der Waals surface area contributed by atoms with Gasteiger partial charge in [0.15, 0.2) is 0 Å². The van der Waals surface area contributed by atoms with Crippen molar-refractivity contribution in [3.63, 3.8) is 0 Å². The third-order valence-corrected chi connectivity index (χ3v) is 6.03. The van der Waals surface area contributed by atoms with Crippen molar-refractivity contribution in [3.8, 4) is 0 Å². The summed E-state index contributed by atoms with van der Waals surface area (Å²) in [4.78, 5) is 22.2. The fourth-order valence-corrected chi connectivity index (χ4v) is 4.32. The predicted octanol–water partition coefficient (Wildman–Crippen LogP) is 2.28. The molecule has 0 amide bonds. The molecule has 18 heavy (non-hydrogen) atoms. The maximum absolute atomic E-state index is 12.6. The highest BCUT2D eigenvalue weighted by Gasteiger charge is 2.24. The fourth-order valence-electron chi connectivity index (χ4n) is 1.58. The Morgan fingerprint density at radius 3 is 1.72 bits per heavy atom. The van der Waals surface area contributed by atoms with Crippen LogP contribution >= 0.6 is 7.14 Å². The van der Waals surface area contributed by atoms with Crippen LogP contribution in [0.5, 0.6) is 0 Å². The maximum Gasteiger partial charge on any atom is 0.305 e. The quantitative estimate of drug-likeness (QED) is 0.478. The molecule has 0 N–H and O–H groups in total. The van der Waals surface area contributed by atoms with Crippen LogP contribution in [0.1, 0.15) is 32.6 Å². The van der Waals surface area contributed by atoms with Gasteiger partial charge >= 0.3 is 11.9 Å². The Labute approximate surface area is 109 Å². The lowest BCUT2D eigenvalue weighted by Gasteiger charge is -2.17. The molecule has 106 valence electrons. The molecule has 0 rings (SSSR count). The Balaban J connectivity index is 4.37. The number of carbonyl (C=O) groups excluding carboxylic acids is 2. The van der Waals surface area contributed by atoms with Crippen LogP contribution in [0.15, 0.2) is 0 Å². The number of methoxy groups -OCH3 is 2. The van der Waals surface area contributed by atoms with Crippen LogP contribution in [-0.4, -0.2) is 44.6 Å². The molecule has 0 fully saturated rings. The number of carbonyl (C=O) groups is 2. The average Bonchev–Trinajstić information content (AvgIpc) is 2.40. The molecule has 0 aliphatic carbocycles. The van der Waals surface area contributed by atoms with Gasteiger partial charge in [0.25, 0.3) is 0 Å². The van der Waals surface area contributed by atoms with Crippen molar-refractivity contribution < 1.29 is 23.6 Å². The van der Waals surface area contributed by atoms with Crippen molar-refractivity contribution in [2.24, 2.45) is 0 Å². The third-order valence-electron chi connectivity index (χ3n) is 2.82. The van der Waals surface area contributed by atoms with Crippen molar-refractivity contribution in [2.45, 2.75) is 32.6 Å². The second kappa shape index (κ2) is 9.15. The first-order valence-electron chi connectivity index (χ1n) is 6.18. The van der Waals surface area contributed by atoms with Crippen LogP contribution in [0.25, 0.3) is 0 Å². The molecule has 0 aliphatic rings. The van der Waals surface area contributed by atoms with E-state index in [1.54, 1.807) is 0 Å². The molecule has 0 aromatic rings. The van der Waals surface area contributed by atoms with E-state index in [0.717, 1.165) is 12.8 Å². The van der Waals surface area contributed by atoms with Crippen LogP contribution < -0.4 is 0 Å². The van der Waals surface area contributed by atoms with Gasteiger partial charge in [0.1, 0.15) is 0 Å². The topological polar surface area (TPSA) is 69.7 Å². The molecule has 5 nitrogen and oxygen atoms in total.